The maximum atomic E-state index is 12.6. The Labute approximate surface area is 196 Å². The molecule has 33 heavy (non-hydrogen) atoms. The van der Waals surface area contributed by atoms with Crippen LogP contribution >= 0.6 is 13.5 Å². The predicted molar refractivity (Wildman–Crippen MR) is 133 cm³/mol. The number of aromatic nitrogens is 5. The lowest BCUT2D eigenvalue weighted by Gasteiger charge is -2.15. The molecule has 1 aliphatic heterocycles. The largest absolute Gasteiger partial charge is 0.382 e. The average Bonchev–Trinajstić information content (AvgIpc) is 3.55. The summed E-state index contributed by atoms with van der Waals surface area (Å²) in [5.74, 6) is 1.44. The van der Waals surface area contributed by atoms with Gasteiger partial charge in [0, 0.05) is 36.7 Å². The lowest BCUT2D eigenvalue weighted by Crippen LogP contribution is -2.25. The highest BCUT2D eigenvalue weighted by Crippen LogP contribution is 2.31. The van der Waals surface area contributed by atoms with Gasteiger partial charge in [-0.25, -0.2) is 14.6 Å². The van der Waals surface area contributed by atoms with Gasteiger partial charge in [-0.05, 0) is 29.8 Å². The van der Waals surface area contributed by atoms with Crippen LogP contribution in [-0.2, 0) is 11.3 Å². The Morgan fingerprint density at radius 3 is 2.73 bits per heavy atom. The first-order valence-electron chi connectivity index (χ1n) is 10.6. The number of hydrogen-bond donors (Lipinski definition) is 2. The molecule has 0 aliphatic carbocycles. The van der Waals surface area contributed by atoms with Crippen LogP contribution in [0.4, 0.5) is 5.82 Å². The highest BCUT2D eigenvalue weighted by Gasteiger charge is 2.31. The van der Waals surface area contributed by atoms with Crippen molar-refractivity contribution in [2.24, 2.45) is 0 Å². The van der Waals surface area contributed by atoms with Crippen molar-refractivity contribution in [1.29, 1.82) is 0 Å². The Balaban J connectivity index is 0.00000228. The van der Waals surface area contributed by atoms with Gasteiger partial charge in [0.15, 0.2) is 0 Å². The van der Waals surface area contributed by atoms with Crippen molar-refractivity contribution in [3.8, 4) is 5.69 Å². The number of carbonyl (C=O) groups excluding carboxylic acids is 1. The Morgan fingerprint density at radius 2 is 1.94 bits per heavy atom. The molecule has 0 spiro atoms. The molecule has 1 aliphatic rings. The highest BCUT2D eigenvalue weighted by atomic mass is 32.1. The Kier molecular flexibility index (Phi) is 5.26. The molecule has 0 saturated carbocycles. The minimum absolute atomic E-state index is 0. The number of nitrogens with one attached hydrogen (secondary N) is 1. The molecule has 0 unspecified atom stereocenters. The number of hydrogen-bond acceptors (Lipinski definition) is 5. The van der Waals surface area contributed by atoms with Gasteiger partial charge in [-0.2, -0.15) is 18.6 Å². The number of nitrogen functional groups attached to an aromatic ring is 1. The van der Waals surface area contributed by atoms with E-state index in [2.05, 4.69) is 27.2 Å². The van der Waals surface area contributed by atoms with Crippen LogP contribution in [0.3, 0.4) is 0 Å². The van der Waals surface area contributed by atoms with Crippen molar-refractivity contribution in [3.05, 3.63) is 78.4 Å². The number of H-pyrrole nitrogens is 1. The molecule has 8 nitrogen and oxygen atoms in total. The van der Waals surface area contributed by atoms with Gasteiger partial charge in [-0.3, -0.25) is 4.79 Å². The van der Waals surface area contributed by atoms with Gasteiger partial charge < -0.3 is 15.6 Å². The lowest BCUT2D eigenvalue weighted by atomic mass is 9.99. The molecule has 4 heterocycles. The number of fused-ring (bicyclic) bond motifs is 3. The highest BCUT2D eigenvalue weighted by molar-refractivity contribution is 7.59. The van der Waals surface area contributed by atoms with Crippen molar-refractivity contribution < 1.29 is 4.79 Å². The van der Waals surface area contributed by atoms with E-state index in [1.807, 2.05) is 53.6 Å². The molecule has 1 fully saturated rings. The quantitative estimate of drug-likeness (QED) is 0.430. The zero-order valence-electron chi connectivity index (χ0n) is 17.8. The summed E-state index contributed by atoms with van der Waals surface area (Å²) in [5, 5.41) is 5.18. The standard InChI is InChI=1S/C24H21N7O.H2S/c25-24-23-22(18-8-7-17(12-19(18)27-24)31-10-4-9-26-31)28-20(29-23)14-30-13-16(11-21(30)32)15-5-2-1-3-6-15;/h1-10,12,16H,11,13-14H2,(H2,25,27)(H,28,29);1H2/t16-;/m1./s1. The maximum absolute atomic E-state index is 12.6. The van der Waals surface area contributed by atoms with Crippen LogP contribution in [0.15, 0.2) is 67.0 Å². The van der Waals surface area contributed by atoms with E-state index in [4.69, 9.17) is 10.7 Å². The second kappa shape index (κ2) is 8.25. The third-order valence-electron chi connectivity index (χ3n) is 6.08. The summed E-state index contributed by atoms with van der Waals surface area (Å²) in [6.45, 7) is 1.10. The normalized spacial score (nSPS) is 15.9. The van der Waals surface area contributed by atoms with Crippen LogP contribution in [0.1, 0.15) is 23.7 Å². The molecule has 2 aromatic carbocycles. The van der Waals surface area contributed by atoms with Crippen LogP contribution in [-0.4, -0.2) is 42.1 Å². The minimum atomic E-state index is 0. The first kappa shape index (κ1) is 21.0. The number of imidazole rings is 1. The SMILES string of the molecule is Nc1nc2cc(-n3cccn3)ccc2c2nc(CN3C[C@H](c4ccccc4)CC3=O)[nH]c12.S. The Bertz CT molecular complexity index is 1450. The Hall–Kier alpha value is -3.85. The molecule has 0 radical (unpaired) electrons. The summed E-state index contributed by atoms with van der Waals surface area (Å²) in [6.07, 6.45) is 4.13. The fraction of sp³-hybridized carbons (Fsp3) is 0.167. The number of nitrogens with two attached hydrogens (primary N) is 1. The predicted octanol–water partition coefficient (Wildman–Crippen LogP) is 3.51. The fourth-order valence-electron chi connectivity index (χ4n) is 4.49. The molecule has 5 aromatic rings. The van der Waals surface area contributed by atoms with E-state index in [1.54, 1.807) is 10.9 Å². The fourth-order valence-corrected chi connectivity index (χ4v) is 4.49. The van der Waals surface area contributed by atoms with Gasteiger partial charge in [0.2, 0.25) is 5.91 Å². The molecule has 1 saturated heterocycles. The monoisotopic (exact) mass is 457 g/mol. The summed E-state index contributed by atoms with van der Waals surface area (Å²) < 4.78 is 1.78. The van der Waals surface area contributed by atoms with Gasteiger partial charge >= 0.3 is 0 Å². The third kappa shape index (κ3) is 3.70. The molecule has 6 rings (SSSR count). The molecule has 166 valence electrons. The van der Waals surface area contributed by atoms with Gasteiger partial charge in [-0.1, -0.05) is 30.3 Å². The van der Waals surface area contributed by atoms with E-state index >= 15 is 0 Å². The van der Waals surface area contributed by atoms with Crippen molar-refractivity contribution in [1.82, 2.24) is 29.6 Å². The number of pyridine rings is 1. The van der Waals surface area contributed by atoms with Crippen molar-refractivity contribution in [2.75, 3.05) is 12.3 Å². The van der Waals surface area contributed by atoms with E-state index in [9.17, 15) is 4.79 Å². The number of amides is 1. The zero-order valence-corrected chi connectivity index (χ0v) is 18.8. The molecule has 9 heteroatoms. The average molecular weight is 458 g/mol. The summed E-state index contributed by atoms with van der Waals surface area (Å²) in [7, 11) is 0. The minimum Gasteiger partial charge on any atom is -0.382 e. The number of likely N-dealkylation sites (tertiary alicyclic amines) is 1. The van der Waals surface area contributed by atoms with Gasteiger partial charge in [0.1, 0.15) is 22.7 Å². The van der Waals surface area contributed by atoms with Gasteiger partial charge in [0.25, 0.3) is 0 Å². The molecule has 3 aromatic heterocycles. The topological polar surface area (TPSA) is 106 Å². The lowest BCUT2D eigenvalue weighted by molar-refractivity contribution is -0.128. The zero-order chi connectivity index (χ0) is 21.7. The van der Waals surface area contributed by atoms with Crippen molar-refractivity contribution in [2.45, 2.75) is 18.9 Å². The van der Waals surface area contributed by atoms with Gasteiger partial charge in [-0.15, -0.1) is 0 Å². The molecule has 0 bridgehead atoms. The summed E-state index contributed by atoms with van der Waals surface area (Å²) >= 11 is 0. The number of anilines is 1. The van der Waals surface area contributed by atoms with Crippen LogP contribution in [0.25, 0.3) is 27.6 Å². The number of rotatable bonds is 4. The number of aromatic amines is 1. The molecule has 3 N–H and O–H groups in total. The van der Waals surface area contributed by atoms with E-state index in [1.165, 1.54) is 5.56 Å². The van der Waals surface area contributed by atoms with Gasteiger partial charge in [0.05, 0.1) is 17.7 Å². The first-order chi connectivity index (χ1) is 15.7. The second-order valence-corrected chi connectivity index (χ2v) is 8.14. The maximum Gasteiger partial charge on any atom is 0.223 e. The number of nitrogens with zero attached hydrogens (tertiary/aromatic N) is 5. The molecular weight excluding hydrogens is 434 g/mol. The summed E-state index contributed by atoms with van der Waals surface area (Å²) in [6, 6.07) is 18.0. The molecule has 1 amide bonds. The van der Waals surface area contributed by atoms with E-state index < -0.39 is 0 Å². The number of benzene rings is 2. The van der Waals surface area contributed by atoms with Crippen LogP contribution in [0, 0.1) is 0 Å². The molecular formula is C24H23N7OS. The Morgan fingerprint density at radius 1 is 1.09 bits per heavy atom. The van der Waals surface area contributed by atoms with Crippen LogP contribution in [0.2, 0.25) is 0 Å². The second-order valence-electron chi connectivity index (χ2n) is 8.14. The van der Waals surface area contributed by atoms with E-state index in [0.717, 1.165) is 22.1 Å². The van der Waals surface area contributed by atoms with Crippen LogP contribution < -0.4 is 5.73 Å². The third-order valence-corrected chi connectivity index (χ3v) is 6.08. The van der Waals surface area contributed by atoms with Crippen molar-refractivity contribution in [3.63, 3.8) is 0 Å². The summed E-state index contributed by atoms with van der Waals surface area (Å²) in [5.41, 5.74) is 10.6. The molecule has 1 atom stereocenters. The smallest absolute Gasteiger partial charge is 0.223 e. The van der Waals surface area contributed by atoms with E-state index in [-0.39, 0.29) is 25.3 Å². The number of carbonyl (C=O) groups is 1. The first-order valence-corrected chi connectivity index (χ1v) is 10.6. The van der Waals surface area contributed by atoms with E-state index in [0.29, 0.717) is 36.7 Å². The summed E-state index contributed by atoms with van der Waals surface area (Å²) in [4.78, 5) is 27.2. The van der Waals surface area contributed by atoms with Crippen LogP contribution in [0.5, 0.6) is 0 Å². The van der Waals surface area contributed by atoms with Crippen molar-refractivity contribution >= 4 is 47.2 Å².